The van der Waals surface area contributed by atoms with Crippen molar-refractivity contribution < 1.29 is 9.47 Å². The Labute approximate surface area is 107 Å². The zero-order chi connectivity index (χ0) is 10.7. The maximum atomic E-state index is 5.22. The molecule has 5 heteroatoms. The van der Waals surface area contributed by atoms with Gasteiger partial charge in [0.1, 0.15) is 0 Å². The molecule has 2 heterocycles. The molecule has 0 N–H and O–H groups in total. The van der Waals surface area contributed by atoms with E-state index in [0.717, 1.165) is 36.5 Å². The third-order valence-electron chi connectivity index (χ3n) is 2.22. The summed E-state index contributed by atoms with van der Waals surface area (Å²) in [6, 6.07) is 0. The fourth-order valence-electron chi connectivity index (χ4n) is 1.16. The summed E-state index contributed by atoms with van der Waals surface area (Å²) in [6.45, 7) is 6.71. The normalized spacial score (nSPS) is 32.4. The van der Waals surface area contributed by atoms with E-state index in [2.05, 4.69) is 37.4 Å². The van der Waals surface area contributed by atoms with Gasteiger partial charge >= 0.3 is 107 Å². The van der Waals surface area contributed by atoms with Crippen molar-refractivity contribution in [3.05, 3.63) is 0 Å². The molecule has 0 radical (unpaired) electrons. The Morgan fingerprint density at radius 3 is 1.80 bits per heavy atom. The van der Waals surface area contributed by atoms with Crippen molar-refractivity contribution in [2.45, 2.75) is 34.4 Å². The second-order valence-electron chi connectivity index (χ2n) is 3.85. The first kappa shape index (κ1) is 12.6. The molecule has 0 bridgehead atoms. The van der Waals surface area contributed by atoms with Crippen LogP contribution in [0, 0.1) is 0 Å². The first-order valence-corrected chi connectivity index (χ1v) is 9.43. The molecule has 2 rings (SSSR count). The van der Waals surface area contributed by atoms with Crippen molar-refractivity contribution in [3.8, 4) is 0 Å². The molecule has 0 amide bonds. The van der Waals surface area contributed by atoms with E-state index >= 15 is 0 Å². The van der Waals surface area contributed by atoms with Gasteiger partial charge in [-0.1, -0.05) is 0 Å². The first-order valence-electron chi connectivity index (χ1n) is 5.36. The molecular formula is C10H18O2S2Se. The van der Waals surface area contributed by atoms with Gasteiger partial charge in [-0.25, -0.2) is 0 Å². The SMILES string of the molecule is CC(SCC1CO1)[Se]C(C)SCC1CO1. The van der Waals surface area contributed by atoms with Crippen LogP contribution in [0.1, 0.15) is 13.8 Å². The Morgan fingerprint density at radius 2 is 1.47 bits per heavy atom. The fraction of sp³-hybridized carbons (Fsp3) is 1.00. The van der Waals surface area contributed by atoms with Gasteiger partial charge in [0, 0.05) is 0 Å². The van der Waals surface area contributed by atoms with Gasteiger partial charge in [-0.2, -0.15) is 0 Å². The van der Waals surface area contributed by atoms with Gasteiger partial charge in [-0.05, 0) is 0 Å². The molecular weight excluding hydrogens is 295 g/mol. The summed E-state index contributed by atoms with van der Waals surface area (Å²) in [4.78, 5) is 0. The van der Waals surface area contributed by atoms with Crippen LogP contribution in [0.4, 0.5) is 0 Å². The van der Waals surface area contributed by atoms with E-state index in [-0.39, 0.29) is 0 Å². The van der Waals surface area contributed by atoms with Crippen molar-refractivity contribution in [2.24, 2.45) is 0 Å². The van der Waals surface area contributed by atoms with E-state index in [4.69, 9.17) is 9.47 Å². The summed E-state index contributed by atoms with van der Waals surface area (Å²) < 4.78 is 12.1. The molecule has 2 fully saturated rings. The van der Waals surface area contributed by atoms with Gasteiger partial charge in [-0.15, -0.1) is 0 Å². The van der Waals surface area contributed by atoms with Gasteiger partial charge < -0.3 is 0 Å². The molecule has 4 unspecified atom stereocenters. The molecule has 2 aliphatic heterocycles. The molecule has 4 atom stereocenters. The van der Waals surface area contributed by atoms with Gasteiger partial charge in [0.05, 0.1) is 0 Å². The summed E-state index contributed by atoms with van der Waals surface area (Å²) in [6.07, 6.45) is 1.16. The minimum absolute atomic E-state index is 0.580. The molecule has 0 spiro atoms. The van der Waals surface area contributed by atoms with Crippen LogP contribution in [0.3, 0.4) is 0 Å². The average molecular weight is 313 g/mol. The van der Waals surface area contributed by atoms with Crippen LogP contribution >= 0.6 is 23.5 Å². The van der Waals surface area contributed by atoms with Gasteiger partial charge in [0.25, 0.3) is 0 Å². The fourth-order valence-corrected chi connectivity index (χ4v) is 7.88. The predicted octanol–water partition coefficient (Wildman–Crippen LogP) is 1.65. The molecule has 88 valence electrons. The molecule has 2 aliphatic rings. The zero-order valence-corrected chi connectivity index (χ0v) is 12.5. The number of thioether (sulfide) groups is 2. The van der Waals surface area contributed by atoms with E-state index in [1.807, 2.05) is 0 Å². The molecule has 0 aromatic heterocycles. The first-order chi connectivity index (χ1) is 7.24. The summed E-state index contributed by atoms with van der Waals surface area (Å²) in [5, 5.41) is 0. The molecule has 2 saturated heterocycles. The summed E-state index contributed by atoms with van der Waals surface area (Å²) >= 11 is 4.90. The van der Waals surface area contributed by atoms with Crippen molar-refractivity contribution in [3.63, 3.8) is 0 Å². The number of rotatable bonds is 8. The average Bonchev–Trinajstić information content (AvgIpc) is 3.04. The Bertz CT molecular complexity index is 178. The number of epoxide rings is 2. The van der Waals surface area contributed by atoms with E-state index in [0.29, 0.717) is 12.2 Å². The van der Waals surface area contributed by atoms with Crippen LogP contribution in [0.5, 0.6) is 0 Å². The van der Waals surface area contributed by atoms with Crippen LogP contribution < -0.4 is 0 Å². The molecule has 15 heavy (non-hydrogen) atoms. The molecule has 0 aromatic carbocycles. The van der Waals surface area contributed by atoms with E-state index in [9.17, 15) is 0 Å². The number of hydrogen-bond acceptors (Lipinski definition) is 4. The van der Waals surface area contributed by atoms with Crippen molar-refractivity contribution >= 4 is 38.5 Å². The Balaban J connectivity index is 1.48. The number of hydrogen-bond donors (Lipinski definition) is 0. The Morgan fingerprint density at radius 1 is 1.07 bits per heavy atom. The summed E-state index contributed by atoms with van der Waals surface area (Å²) in [5.74, 6) is 2.40. The Kier molecular flexibility index (Phi) is 5.18. The quantitative estimate of drug-likeness (QED) is 0.502. The topological polar surface area (TPSA) is 25.1 Å². The molecule has 0 aliphatic carbocycles. The van der Waals surface area contributed by atoms with Gasteiger partial charge in [-0.3, -0.25) is 0 Å². The van der Waals surface area contributed by atoms with E-state index in [1.165, 1.54) is 11.5 Å². The number of ether oxygens (including phenoxy) is 2. The van der Waals surface area contributed by atoms with Crippen LogP contribution in [-0.4, -0.2) is 60.2 Å². The zero-order valence-electron chi connectivity index (χ0n) is 9.18. The van der Waals surface area contributed by atoms with Gasteiger partial charge in [0.15, 0.2) is 0 Å². The predicted molar refractivity (Wildman–Crippen MR) is 69.1 cm³/mol. The van der Waals surface area contributed by atoms with E-state index < -0.39 is 0 Å². The van der Waals surface area contributed by atoms with E-state index in [1.54, 1.807) is 0 Å². The van der Waals surface area contributed by atoms with Crippen molar-refractivity contribution in [2.75, 3.05) is 24.7 Å². The minimum atomic E-state index is 0.580. The van der Waals surface area contributed by atoms with Crippen LogP contribution in [0.2, 0.25) is 0 Å². The second kappa shape index (κ2) is 6.18. The van der Waals surface area contributed by atoms with Crippen molar-refractivity contribution in [1.29, 1.82) is 0 Å². The van der Waals surface area contributed by atoms with Gasteiger partial charge in [0.2, 0.25) is 0 Å². The monoisotopic (exact) mass is 314 g/mol. The summed E-state index contributed by atoms with van der Waals surface area (Å²) in [5.41, 5.74) is 0. The summed E-state index contributed by atoms with van der Waals surface area (Å²) in [7, 11) is 0. The van der Waals surface area contributed by atoms with Crippen molar-refractivity contribution in [1.82, 2.24) is 0 Å². The maximum absolute atomic E-state index is 5.22. The molecule has 2 nitrogen and oxygen atoms in total. The van der Waals surface area contributed by atoms with Crippen LogP contribution in [0.25, 0.3) is 0 Å². The molecule has 0 aromatic rings. The standard InChI is InChI=1S/C10H18O2S2Se/c1-7(13-5-9-3-11-9)15-8(2)14-6-10-4-12-10/h7-10H,3-6H2,1-2H3. The van der Waals surface area contributed by atoms with Crippen LogP contribution in [-0.2, 0) is 9.47 Å². The Hall–Kier alpha value is 1.14. The third-order valence-corrected chi connectivity index (χ3v) is 8.77. The molecule has 0 saturated carbocycles. The third kappa shape index (κ3) is 5.85. The van der Waals surface area contributed by atoms with Crippen LogP contribution in [0.15, 0.2) is 0 Å². The second-order valence-corrected chi connectivity index (χ2v) is 11.5.